The highest BCUT2D eigenvalue weighted by Gasteiger charge is 2.13. The van der Waals surface area contributed by atoms with Crippen LogP contribution in [0.1, 0.15) is 13.8 Å². The molecule has 0 spiro atoms. The van der Waals surface area contributed by atoms with E-state index in [2.05, 4.69) is 15.3 Å². The zero-order chi connectivity index (χ0) is 16.6. The van der Waals surface area contributed by atoms with Gasteiger partial charge in [-0.15, -0.1) is 0 Å². The van der Waals surface area contributed by atoms with E-state index in [0.717, 1.165) is 0 Å². The van der Waals surface area contributed by atoms with Gasteiger partial charge in [-0.2, -0.15) is 0 Å². The van der Waals surface area contributed by atoms with Crippen molar-refractivity contribution in [3.63, 3.8) is 0 Å². The second-order valence-electron chi connectivity index (χ2n) is 5.91. The quantitative estimate of drug-likeness (QED) is 0.770. The monoisotopic (exact) mass is 316 g/mol. The standard InChI is InChI=1S/C16H17FN4O2/c1-9(2)6-18-13(22)7-21-8-19-14-11-5-10(17)3-4-12(11)20-15(14)16(21)23/h3-5,8-9,20H,6-7H2,1-2H3,(H,18,22). The average Bonchev–Trinajstić information content (AvgIpc) is 2.87. The Hall–Kier alpha value is -2.70. The van der Waals surface area contributed by atoms with Gasteiger partial charge in [0.15, 0.2) is 0 Å². The van der Waals surface area contributed by atoms with Crippen molar-refractivity contribution < 1.29 is 9.18 Å². The number of aromatic amines is 1. The molecule has 0 radical (unpaired) electrons. The summed E-state index contributed by atoms with van der Waals surface area (Å²) in [6, 6.07) is 4.21. The molecule has 0 bridgehead atoms. The molecule has 7 heteroatoms. The fourth-order valence-corrected chi connectivity index (χ4v) is 2.40. The van der Waals surface area contributed by atoms with Crippen LogP contribution in [-0.2, 0) is 11.3 Å². The first-order valence-electron chi connectivity index (χ1n) is 7.39. The van der Waals surface area contributed by atoms with Gasteiger partial charge in [-0.05, 0) is 24.1 Å². The summed E-state index contributed by atoms with van der Waals surface area (Å²) < 4.78 is 14.6. The number of nitrogens with zero attached hydrogens (tertiary/aromatic N) is 2. The van der Waals surface area contributed by atoms with Crippen molar-refractivity contribution >= 4 is 27.8 Å². The Kier molecular flexibility index (Phi) is 3.85. The molecule has 6 nitrogen and oxygen atoms in total. The van der Waals surface area contributed by atoms with Crippen molar-refractivity contribution in [2.24, 2.45) is 5.92 Å². The van der Waals surface area contributed by atoms with E-state index in [1.807, 2.05) is 13.8 Å². The Morgan fingerprint density at radius 1 is 1.43 bits per heavy atom. The lowest BCUT2D eigenvalue weighted by Gasteiger charge is -2.08. The number of carbonyl (C=O) groups is 1. The fraction of sp³-hybridized carbons (Fsp3) is 0.312. The molecule has 3 rings (SSSR count). The summed E-state index contributed by atoms with van der Waals surface area (Å²) >= 11 is 0. The molecule has 1 aromatic carbocycles. The zero-order valence-electron chi connectivity index (χ0n) is 12.9. The molecule has 0 aliphatic rings. The third-order valence-corrected chi connectivity index (χ3v) is 3.56. The van der Waals surface area contributed by atoms with Crippen LogP contribution in [0, 0.1) is 11.7 Å². The van der Waals surface area contributed by atoms with Crippen LogP contribution in [0.3, 0.4) is 0 Å². The number of fused-ring (bicyclic) bond motifs is 3. The molecule has 0 unspecified atom stereocenters. The maximum absolute atomic E-state index is 13.4. The first kappa shape index (κ1) is 15.2. The number of benzene rings is 1. The minimum absolute atomic E-state index is 0.0990. The van der Waals surface area contributed by atoms with Gasteiger partial charge in [0.25, 0.3) is 5.56 Å². The fourth-order valence-electron chi connectivity index (χ4n) is 2.40. The SMILES string of the molecule is CC(C)CNC(=O)Cn1cnc2c([nH]c3ccc(F)cc32)c1=O. The summed E-state index contributed by atoms with van der Waals surface area (Å²) in [7, 11) is 0. The van der Waals surface area contributed by atoms with Crippen LogP contribution in [0.25, 0.3) is 21.9 Å². The Morgan fingerprint density at radius 2 is 2.22 bits per heavy atom. The molecule has 0 saturated heterocycles. The van der Waals surface area contributed by atoms with Gasteiger partial charge in [-0.3, -0.25) is 14.2 Å². The molecular weight excluding hydrogens is 299 g/mol. The van der Waals surface area contributed by atoms with Crippen LogP contribution in [-0.4, -0.2) is 27.0 Å². The van der Waals surface area contributed by atoms with Gasteiger partial charge < -0.3 is 10.3 Å². The van der Waals surface area contributed by atoms with Crippen LogP contribution < -0.4 is 10.9 Å². The molecule has 3 aromatic rings. The third-order valence-electron chi connectivity index (χ3n) is 3.56. The molecule has 2 heterocycles. The molecule has 2 aromatic heterocycles. The highest BCUT2D eigenvalue weighted by Crippen LogP contribution is 2.21. The molecule has 2 N–H and O–H groups in total. The number of carbonyl (C=O) groups excluding carboxylic acids is 1. The van der Waals surface area contributed by atoms with E-state index >= 15 is 0 Å². The minimum atomic E-state index is -0.391. The van der Waals surface area contributed by atoms with Crippen molar-refractivity contribution in [3.8, 4) is 0 Å². The lowest BCUT2D eigenvalue weighted by atomic mass is 10.2. The lowest BCUT2D eigenvalue weighted by molar-refractivity contribution is -0.121. The van der Waals surface area contributed by atoms with E-state index in [0.29, 0.717) is 28.9 Å². The second kappa shape index (κ2) is 5.83. The summed E-state index contributed by atoms with van der Waals surface area (Å²) in [4.78, 5) is 31.5. The van der Waals surface area contributed by atoms with Crippen LogP contribution in [0.15, 0.2) is 29.3 Å². The summed E-state index contributed by atoms with van der Waals surface area (Å²) in [5.41, 5.74) is 0.951. The van der Waals surface area contributed by atoms with Gasteiger partial charge in [-0.1, -0.05) is 13.8 Å². The Labute approximate surface area is 131 Å². The molecular formula is C16H17FN4O2. The Bertz CT molecular complexity index is 942. The third kappa shape index (κ3) is 2.94. The average molecular weight is 316 g/mol. The highest BCUT2D eigenvalue weighted by molar-refractivity contribution is 6.04. The van der Waals surface area contributed by atoms with Crippen molar-refractivity contribution in [1.29, 1.82) is 0 Å². The second-order valence-corrected chi connectivity index (χ2v) is 5.91. The number of amides is 1. The minimum Gasteiger partial charge on any atom is -0.354 e. The highest BCUT2D eigenvalue weighted by atomic mass is 19.1. The normalized spacial score (nSPS) is 11.5. The van der Waals surface area contributed by atoms with Crippen LogP contribution >= 0.6 is 0 Å². The maximum atomic E-state index is 13.4. The van der Waals surface area contributed by atoms with Gasteiger partial charge in [0.2, 0.25) is 5.91 Å². The van der Waals surface area contributed by atoms with Gasteiger partial charge >= 0.3 is 0 Å². The number of halogens is 1. The van der Waals surface area contributed by atoms with Crippen molar-refractivity contribution in [1.82, 2.24) is 19.9 Å². The zero-order valence-corrected chi connectivity index (χ0v) is 12.9. The van der Waals surface area contributed by atoms with E-state index in [9.17, 15) is 14.0 Å². The van der Waals surface area contributed by atoms with E-state index in [1.165, 1.54) is 23.0 Å². The smallest absolute Gasteiger partial charge is 0.278 e. The number of H-pyrrole nitrogens is 1. The van der Waals surface area contributed by atoms with Crippen molar-refractivity contribution in [3.05, 3.63) is 40.7 Å². The Morgan fingerprint density at radius 3 is 2.96 bits per heavy atom. The molecule has 0 atom stereocenters. The Balaban J connectivity index is 1.97. The number of hydrogen-bond acceptors (Lipinski definition) is 3. The van der Waals surface area contributed by atoms with Crippen LogP contribution in [0.5, 0.6) is 0 Å². The molecule has 23 heavy (non-hydrogen) atoms. The number of rotatable bonds is 4. The predicted octanol–water partition coefficient (Wildman–Crippen LogP) is 1.79. The summed E-state index contributed by atoms with van der Waals surface area (Å²) in [6.07, 6.45) is 1.32. The van der Waals surface area contributed by atoms with Gasteiger partial charge in [-0.25, -0.2) is 9.37 Å². The van der Waals surface area contributed by atoms with Gasteiger partial charge in [0, 0.05) is 17.4 Å². The lowest BCUT2D eigenvalue weighted by Crippen LogP contribution is -2.34. The predicted molar refractivity (Wildman–Crippen MR) is 85.7 cm³/mol. The number of hydrogen-bond donors (Lipinski definition) is 2. The number of nitrogens with one attached hydrogen (secondary N) is 2. The van der Waals surface area contributed by atoms with Crippen molar-refractivity contribution in [2.75, 3.05) is 6.54 Å². The summed E-state index contributed by atoms with van der Waals surface area (Å²) in [5.74, 6) is -0.304. The molecule has 1 amide bonds. The van der Waals surface area contributed by atoms with E-state index < -0.39 is 5.82 Å². The van der Waals surface area contributed by atoms with Crippen LogP contribution in [0.2, 0.25) is 0 Å². The topological polar surface area (TPSA) is 79.8 Å². The van der Waals surface area contributed by atoms with Crippen LogP contribution in [0.4, 0.5) is 4.39 Å². The molecule has 0 aliphatic carbocycles. The first-order chi connectivity index (χ1) is 11.0. The van der Waals surface area contributed by atoms with E-state index in [1.54, 1.807) is 6.07 Å². The van der Waals surface area contributed by atoms with E-state index in [4.69, 9.17) is 0 Å². The molecule has 0 saturated carbocycles. The maximum Gasteiger partial charge on any atom is 0.278 e. The summed E-state index contributed by atoms with van der Waals surface area (Å²) in [5, 5.41) is 3.30. The first-order valence-corrected chi connectivity index (χ1v) is 7.39. The molecule has 0 fully saturated rings. The van der Waals surface area contributed by atoms with Crippen molar-refractivity contribution in [2.45, 2.75) is 20.4 Å². The van der Waals surface area contributed by atoms with Gasteiger partial charge in [0.05, 0.1) is 6.33 Å². The number of aromatic nitrogens is 3. The largest absolute Gasteiger partial charge is 0.354 e. The van der Waals surface area contributed by atoms with E-state index in [-0.39, 0.29) is 23.5 Å². The molecule has 120 valence electrons. The van der Waals surface area contributed by atoms with Gasteiger partial charge in [0.1, 0.15) is 23.4 Å². The molecule has 0 aliphatic heterocycles. The summed E-state index contributed by atoms with van der Waals surface area (Å²) in [6.45, 7) is 4.43.